The van der Waals surface area contributed by atoms with E-state index in [9.17, 15) is 9.59 Å². The molecule has 0 saturated carbocycles. The molecule has 30 heavy (non-hydrogen) atoms. The Hall–Kier alpha value is -3.26. The van der Waals surface area contributed by atoms with Gasteiger partial charge in [-0.25, -0.2) is 4.98 Å². The van der Waals surface area contributed by atoms with Gasteiger partial charge in [0.2, 0.25) is 0 Å². The third-order valence-corrected chi connectivity index (χ3v) is 5.46. The molecule has 4 heterocycles. The fraction of sp³-hybridized carbons (Fsp3) is 0.364. The first-order valence-electron chi connectivity index (χ1n) is 10.2. The topological polar surface area (TPSA) is 103 Å². The fourth-order valence-corrected chi connectivity index (χ4v) is 3.73. The number of carbonyl (C=O) groups excluding carboxylic acids is 1. The Balaban J connectivity index is 1.27. The van der Waals surface area contributed by atoms with Crippen LogP contribution in [0.2, 0.25) is 0 Å². The SMILES string of the molecule is CCc1cc2ncc(CN3CC(CNc4ccc(C(=O)NC)nc4)C3)cc2[nH]c1=O. The first-order chi connectivity index (χ1) is 14.6. The third-order valence-electron chi connectivity index (χ3n) is 5.46. The zero-order chi connectivity index (χ0) is 21.1. The Morgan fingerprint density at radius 1 is 1.23 bits per heavy atom. The van der Waals surface area contributed by atoms with Crippen LogP contribution in [0.4, 0.5) is 5.69 Å². The molecule has 1 saturated heterocycles. The van der Waals surface area contributed by atoms with Crippen molar-refractivity contribution in [2.24, 2.45) is 5.92 Å². The maximum atomic E-state index is 12.0. The largest absolute Gasteiger partial charge is 0.383 e. The van der Waals surface area contributed by atoms with Gasteiger partial charge in [-0.15, -0.1) is 0 Å². The molecule has 0 unspecified atom stereocenters. The second-order valence-electron chi connectivity index (χ2n) is 7.71. The Bertz CT molecular complexity index is 1100. The van der Waals surface area contributed by atoms with Crippen molar-refractivity contribution in [1.82, 2.24) is 25.2 Å². The second kappa shape index (κ2) is 8.62. The summed E-state index contributed by atoms with van der Waals surface area (Å²) in [6.07, 6.45) is 4.28. The van der Waals surface area contributed by atoms with E-state index in [1.807, 2.05) is 31.3 Å². The highest BCUT2D eigenvalue weighted by molar-refractivity contribution is 5.92. The van der Waals surface area contributed by atoms with Gasteiger partial charge in [-0.1, -0.05) is 6.92 Å². The van der Waals surface area contributed by atoms with E-state index in [1.165, 1.54) is 0 Å². The van der Waals surface area contributed by atoms with E-state index >= 15 is 0 Å². The summed E-state index contributed by atoms with van der Waals surface area (Å²) < 4.78 is 0. The number of likely N-dealkylation sites (tertiary alicyclic amines) is 1. The zero-order valence-corrected chi connectivity index (χ0v) is 17.2. The summed E-state index contributed by atoms with van der Waals surface area (Å²) in [6.45, 7) is 5.65. The van der Waals surface area contributed by atoms with Crippen LogP contribution in [0.25, 0.3) is 11.0 Å². The van der Waals surface area contributed by atoms with Crippen molar-refractivity contribution >= 4 is 22.6 Å². The number of hydrogen-bond donors (Lipinski definition) is 3. The van der Waals surface area contributed by atoms with Gasteiger partial charge < -0.3 is 15.6 Å². The first kappa shape index (κ1) is 20.0. The molecule has 0 atom stereocenters. The number of pyridine rings is 3. The number of rotatable bonds is 7. The van der Waals surface area contributed by atoms with E-state index in [0.29, 0.717) is 18.0 Å². The van der Waals surface area contributed by atoms with E-state index in [-0.39, 0.29) is 11.5 Å². The molecule has 1 aliphatic rings. The lowest BCUT2D eigenvalue weighted by atomic mass is 9.99. The quantitative estimate of drug-likeness (QED) is 0.553. The van der Waals surface area contributed by atoms with E-state index in [4.69, 9.17) is 0 Å². The molecule has 0 radical (unpaired) electrons. The number of aromatic amines is 1. The Labute approximate surface area is 174 Å². The van der Waals surface area contributed by atoms with Gasteiger partial charge >= 0.3 is 0 Å². The van der Waals surface area contributed by atoms with Crippen LogP contribution in [0.5, 0.6) is 0 Å². The number of aromatic nitrogens is 3. The molecule has 3 aromatic heterocycles. The van der Waals surface area contributed by atoms with Gasteiger partial charge in [0, 0.05) is 50.9 Å². The van der Waals surface area contributed by atoms with Crippen LogP contribution in [0.3, 0.4) is 0 Å². The summed E-state index contributed by atoms with van der Waals surface area (Å²) in [5.41, 5.74) is 4.78. The molecule has 1 fully saturated rings. The Kier molecular flexibility index (Phi) is 5.76. The number of aryl methyl sites for hydroxylation is 1. The Morgan fingerprint density at radius 2 is 2.07 bits per heavy atom. The molecule has 0 aromatic carbocycles. The molecule has 8 heteroatoms. The van der Waals surface area contributed by atoms with Crippen molar-refractivity contribution < 1.29 is 4.79 Å². The van der Waals surface area contributed by atoms with E-state index in [2.05, 4.69) is 30.5 Å². The van der Waals surface area contributed by atoms with Gasteiger partial charge in [0.25, 0.3) is 11.5 Å². The normalized spacial score (nSPS) is 14.5. The van der Waals surface area contributed by atoms with Crippen molar-refractivity contribution in [3.05, 3.63) is 63.8 Å². The summed E-state index contributed by atoms with van der Waals surface area (Å²) in [5.74, 6) is 0.373. The lowest BCUT2D eigenvalue weighted by molar-refractivity contribution is 0.0958. The first-order valence-corrected chi connectivity index (χ1v) is 10.2. The summed E-state index contributed by atoms with van der Waals surface area (Å²) >= 11 is 0. The zero-order valence-electron chi connectivity index (χ0n) is 17.2. The molecule has 1 amide bonds. The number of nitrogens with one attached hydrogen (secondary N) is 3. The maximum Gasteiger partial charge on any atom is 0.269 e. The van der Waals surface area contributed by atoms with Gasteiger partial charge in [-0.3, -0.25) is 19.5 Å². The van der Waals surface area contributed by atoms with Crippen molar-refractivity contribution in [3.63, 3.8) is 0 Å². The molecule has 3 N–H and O–H groups in total. The summed E-state index contributed by atoms with van der Waals surface area (Å²) in [4.78, 5) is 37.6. The molecule has 8 nitrogen and oxygen atoms in total. The van der Waals surface area contributed by atoms with E-state index in [0.717, 1.165) is 54.0 Å². The summed E-state index contributed by atoms with van der Waals surface area (Å²) in [7, 11) is 1.59. The number of nitrogens with zero attached hydrogens (tertiary/aromatic N) is 3. The summed E-state index contributed by atoms with van der Waals surface area (Å²) in [6, 6.07) is 7.49. The van der Waals surface area contributed by atoms with Crippen LogP contribution in [-0.4, -0.2) is 52.4 Å². The minimum Gasteiger partial charge on any atom is -0.383 e. The Morgan fingerprint density at radius 3 is 2.77 bits per heavy atom. The molecule has 3 aromatic rings. The molecular weight excluding hydrogens is 380 g/mol. The summed E-state index contributed by atoms with van der Waals surface area (Å²) in [5, 5.41) is 5.95. The van der Waals surface area contributed by atoms with Crippen LogP contribution in [0.15, 0.2) is 41.5 Å². The lowest BCUT2D eigenvalue weighted by Crippen LogP contribution is -2.48. The molecule has 4 rings (SSSR count). The van der Waals surface area contributed by atoms with Crippen LogP contribution in [0.1, 0.15) is 28.5 Å². The minimum absolute atomic E-state index is 0.0307. The van der Waals surface area contributed by atoms with Gasteiger partial charge in [0.1, 0.15) is 5.69 Å². The molecular formula is C22H26N6O2. The number of anilines is 1. The number of hydrogen-bond acceptors (Lipinski definition) is 6. The molecule has 0 aliphatic carbocycles. The smallest absolute Gasteiger partial charge is 0.269 e. The minimum atomic E-state index is -0.186. The fourth-order valence-electron chi connectivity index (χ4n) is 3.73. The van der Waals surface area contributed by atoms with Gasteiger partial charge in [0.15, 0.2) is 0 Å². The average molecular weight is 406 g/mol. The highest BCUT2D eigenvalue weighted by Crippen LogP contribution is 2.20. The van der Waals surface area contributed by atoms with Crippen molar-refractivity contribution in [2.75, 3.05) is 32.0 Å². The van der Waals surface area contributed by atoms with Crippen LogP contribution in [0, 0.1) is 5.92 Å². The van der Waals surface area contributed by atoms with Gasteiger partial charge in [-0.05, 0) is 36.2 Å². The molecule has 0 bridgehead atoms. The van der Waals surface area contributed by atoms with Crippen LogP contribution >= 0.6 is 0 Å². The second-order valence-corrected chi connectivity index (χ2v) is 7.71. The van der Waals surface area contributed by atoms with Gasteiger partial charge in [0.05, 0.1) is 22.9 Å². The van der Waals surface area contributed by atoms with Crippen LogP contribution < -0.4 is 16.2 Å². The number of amides is 1. The standard InChI is InChI=1S/C22H26N6O2/c1-3-16-7-19-20(27-21(16)29)6-14(8-25-19)11-28-12-15(13-28)9-24-17-4-5-18(26-10-17)22(30)23-2/h4-8,10,15,24H,3,9,11-13H2,1-2H3,(H,23,30)(H,27,29). The lowest BCUT2D eigenvalue weighted by Gasteiger charge is -2.39. The highest BCUT2D eigenvalue weighted by atomic mass is 16.1. The monoisotopic (exact) mass is 406 g/mol. The van der Waals surface area contributed by atoms with Crippen molar-refractivity contribution in [2.45, 2.75) is 19.9 Å². The van der Waals surface area contributed by atoms with Crippen molar-refractivity contribution in [1.29, 1.82) is 0 Å². The number of H-pyrrole nitrogens is 1. The number of carbonyl (C=O) groups is 1. The van der Waals surface area contributed by atoms with Crippen LogP contribution in [-0.2, 0) is 13.0 Å². The molecule has 1 aliphatic heterocycles. The maximum absolute atomic E-state index is 12.0. The molecule has 156 valence electrons. The van der Waals surface area contributed by atoms with E-state index < -0.39 is 0 Å². The highest BCUT2D eigenvalue weighted by Gasteiger charge is 2.26. The predicted octanol–water partition coefficient (Wildman–Crippen LogP) is 1.78. The number of fused-ring (bicyclic) bond motifs is 1. The third kappa shape index (κ3) is 4.33. The van der Waals surface area contributed by atoms with Gasteiger partial charge in [-0.2, -0.15) is 0 Å². The molecule has 0 spiro atoms. The van der Waals surface area contributed by atoms with E-state index in [1.54, 1.807) is 19.3 Å². The average Bonchev–Trinajstić information content (AvgIpc) is 2.74. The van der Waals surface area contributed by atoms with Crippen molar-refractivity contribution in [3.8, 4) is 0 Å². The predicted molar refractivity (Wildman–Crippen MR) is 117 cm³/mol.